The summed E-state index contributed by atoms with van der Waals surface area (Å²) in [6.07, 6.45) is 3.42. The highest BCUT2D eigenvalue weighted by atomic mass is 35.5. The first kappa shape index (κ1) is 21.1. The Labute approximate surface area is 183 Å². The number of thiocarbonyl (C=S) groups is 1. The van der Waals surface area contributed by atoms with Gasteiger partial charge in [0.15, 0.2) is 6.61 Å². The molecule has 8 heteroatoms. The van der Waals surface area contributed by atoms with Crippen molar-refractivity contribution in [1.29, 1.82) is 0 Å². The van der Waals surface area contributed by atoms with Crippen molar-refractivity contribution in [1.82, 2.24) is 4.90 Å². The summed E-state index contributed by atoms with van der Waals surface area (Å²) in [5.74, 6) is 0.128. The minimum atomic E-state index is -0.290. The van der Waals surface area contributed by atoms with Gasteiger partial charge in [-0.15, -0.1) is 6.58 Å². The molecule has 0 radical (unpaired) electrons. The third-order valence-corrected chi connectivity index (χ3v) is 5.45. The highest BCUT2D eigenvalue weighted by Crippen LogP contribution is 2.32. The van der Waals surface area contributed by atoms with Crippen LogP contribution in [0.25, 0.3) is 6.08 Å². The van der Waals surface area contributed by atoms with Gasteiger partial charge in [0.05, 0.1) is 4.91 Å². The number of rotatable bonds is 7. The quantitative estimate of drug-likeness (QED) is 0.379. The summed E-state index contributed by atoms with van der Waals surface area (Å²) in [7, 11) is 0. The Morgan fingerprint density at radius 2 is 2.03 bits per heavy atom. The van der Waals surface area contributed by atoms with Crippen LogP contribution in [0.4, 0.5) is 5.69 Å². The lowest BCUT2D eigenvalue weighted by molar-refractivity contribution is -0.121. The highest BCUT2D eigenvalue weighted by Gasteiger charge is 2.30. The molecule has 2 aromatic carbocycles. The number of nitrogens with one attached hydrogen (secondary N) is 1. The van der Waals surface area contributed by atoms with Crippen molar-refractivity contribution in [2.45, 2.75) is 0 Å². The fourth-order valence-corrected chi connectivity index (χ4v) is 3.98. The molecule has 148 valence electrons. The van der Waals surface area contributed by atoms with E-state index in [2.05, 4.69) is 11.9 Å². The van der Waals surface area contributed by atoms with E-state index in [1.54, 1.807) is 48.6 Å². The lowest BCUT2D eigenvalue weighted by atomic mass is 10.2. The molecular formula is C21H17ClN2O3S2. The molecule has 1 aliphatic heterocycles. The number of carbonyl (C=O) groups is 2. The fourth-order valence-electron chi connectivity index (χ4n) is 2.51. The molecule has 0 unspecified atom stereocenters. The van der Waals surface area contributed by atoms with Gasteiger partial charge in [-0.1, -0.05) is 59.9 Å². The molecule has 1 fully saturated rings. The predicted molar refractivity (Wildman–Crippen MR) is 122 cm³/mol. The molecule has 1 heterocycles. The van der Waals surface area contributed by atoms with E-state index >= 15 is 0 Å². The average Bonchev–Trinajstić information content (AvgIpc) is 2.95. The largest absolute Gasteiger partial charge is 0.484 e. The topological polar surface area (TPSA) is 58.6 Å². The average molecular weight is 445 g/mol. The van der Waals surface area contributed by atoms with Crippen LogP contribution in [0.5, 0.6) is 5.75 Å². The van der Waals surface area contributed by atoms with Crippen LogP contribution >= 0.6 is 35.6 Å². The summed E-state index contributed by atoms with van der Waals surface area (Å²) in [5, 5.41) is 3.26. The highest BCUT2D eigenvalue weighted by molar-refractivity contribution is 8.26. The minimum Gasteiger partial charge on any atom is -0.484 e. The van der Waals surface area contributed by atoms with E-state index in [1.807, 2.05) is 12.1 Å². The monoisotopic (exact) mass is 444 g/mol. The molecule has 29 heavy (non-hydrogen) atoms. The Kier molecular flexibility index (Phi) is 7.09. The maximum absolute atomic E-state index is 12.3. The number of ether oxygens (including phenoxy) is 1. The van der Waals surface area contributed by atoms with Crippen LogP contribution in [-0.4, -0.2) is 34.2 Å². The number of thioether (sulfide) groups is 1. The van der Waals surface area contributed by atoms with E-state index < -0.39 is 0 Å². The second kappa shape index (κ2) is 9.73. The zero-order chi connectivity index (χ0) is 20.8. The third-order valence-electron chi connectivity index (χ3n) is 3.84. The van der Waals surface area contributed by atoms with Gasteiger partial charge in [-0.2, -0.15) is 0 Å². The molecule has 0 bridgehead atoms. The lowest BCUT2D eigenvalue weighted by Gasteiger charge is -2.10. The van der Waals surface area contributed by atoms with Crippen LogP contribution in [0.3, 0.4) is 0 Å². The van der Waals surface area contributed by atoms with E-state index in [9.17, 15) is 9.59 Å². The molecule has 2 aromatic rings. The number of halogens is 1. The van der Waals surface area contributed by atoms with Crippen molar-refractivity contribution >= 4 is 63.5 Å². The number of hydrogen-bond acceptors (Lipinski definition) is 5. The van der Waals surface area contributed by atoms with Crippen LogP contribution in [0.1, 0.15) is 5.56 Å². The molecule has 0 atom stereocenters. The Bertz CT molecular complexity index is 990. The van der Waals surface area contributed by atoms with Crippen molar-refractivity contribution in [3.63, 3.8) is 0 Å². The van der Waals surface area contributed by atoms with Gasteiger partial charge < -0.3 is 10.1 Å². The van der Waals surface area contributed by atoms with Gasteiger partial charge >= 0.3 is 0 Å². The van der Waals surface area contributed by atoms with Gasteiger partial charge in [0.25, 0.3) is 11.8 Å². The van der Waals surface area contributed by atoms with Crippen molar-refractivity contribution in [3.05, 3.63) is 76.7 Å². The predicted octanol–water partition coefficient (Wildman–Crippen LogP) is 4.74. The van der Waals surface area contributed by atoms with Crippen LogP contribution in [0.2, 0.25) is 5.02 Å². The SMILES string of the molecule is C=CCN1C(=O)/C(=C/c2ccc(OCC(=O)Nc3cccc(Cl)c3)cc2)SC1=S. The van der Waals surface area contributed by atoms with Gasteiger partial charge in [0.2, 0.25) is 0 Å². The van der Waals surface area contributed by atoms with Crippen LogP contribution in [-0.2, 0) is 9.59 Å². The maximum Gasteiger partial charge on any atom is 0.266 e. The molecule has 3 rings (SSSR count). The van der Waals surface area contributed by atoms with Gasteiger partial charge in [-0.3, -0.25) is 14.5 Å². The zero-order valence-electron chi connectivity index (χ0n) is 15.3. The summed E-state index contributed by atoms with van der Waals surface area (Å²) in [6.45, 7) is 3.90. The van der Waals surface area contributed by atoms with E-state index in [0.717, 1.165) is 5.56 Å². The molecule has 5 nitrogen and oxygen atoms in total. The first-order chi connectivity index (χ1) is 14.0. The van der Waals surface area contributed by atoms with E-state index in [0.29, 0.717) is 32.2 Å². The van der Waals surface area contributed by atoms with Gasteiger partial charge in [0, 0.05) is 17.3 Å². The fraction of sp³-hybridized carbons (Fsp3) is 0.0952. The first-order valence-corrected chi connectivity index (χ1v) is 10.2. The van der Waals surface area contributed by atoms with Crippen molar-refractivity contribution < 1.29 is 14.3 Å². The van der Waals surface area contributed by atoms with Gasteiger partial charge in [-0.05, 0) is 42.0 Å². The van der Waals surface area contributed by atoms with Crippen LogP contribution < -0.4 is 10.1 Å². The summed E-state index contributed by atoms with van der Waals surface area (Å²) >= 11 is 12.4. The number of anilines is 1. The molecular weight excluding hydrogens is 428 g/mol. The standard InChI is InChI=1S/C21H17ClN2O3S2/c1-2-10-24-20(26)18(29-21(24)28)11-14-6-8-17(9-7-14)27-13-19(25)23-16-5-3-4-15(22)12-16/h2-9,11-12H,1,10,13H2,(H,23,25)/b18-11-. The summed E-state index contributed by atoms with van der Waals surface area (Å²) in [6, 6.07) is 14.0. The van der Waals surface area contributed by atoms with Crippen molar-refractivity contribution in [2.75, 3.05) is 18.5 Å². The minimum absolute atomic E-state index is 0.127. The van der Waals surface area contributed by atoms with Crippen LogP contribution in [0, 0.1) is 0 Å². The number of carbonyl (C=O) groups excluding carboxylic acids is 2. The van der Waals surface area contributed by atoms with Crippen LogP contribution in [0.15, 0.2) is 66.1 Å². The number of benzene rings is 2. The normalized spacial score (nSPS) is 14.9. The molecule has 0 saturated carbocycles. The number of nitrogens with zero attached hydrogens (tertiary/aromatic N) is 1. The number of amides is 2. The second-order valence-corrected chi connectivity index (χ2v) is 8.11. The molecule has 1 aliphatic rings. The smallest absolute Gasteiger partial charge is 0.266 e. The Balaban J connectivity index is 1.56. The second-order valence-electron chi connectivity index (χ2n) is 6.00. The molecule has 1 saturated heterocycles. The van der Waals surface area contributed by atoms with E-state index in [4.69, 9.17) is 28.6 Å². The lowest BCUT2D eigenvalue weighted by Crippen LogP contribution is -2.27. The Morgan fingerprint density at radius 3 is 2.72 bits per heavy atom. The molecule has 0 spiro atoms. The molecule has 0 aromatic heterocycles. The Hall–Kier alpha value is -2.61. The first-order valence-electron chi connectivity index (χ1n) is 8.61. The van der Waals surface area contributed by atoms with Gasteiger partial charge in [-0.25, -0.2) is 0 Å². The van der Waals surface area contributed by atoms with Gasteiger partial charge in [0.1, 0.15) is 10.1 Å². The molecule has 0 aliphatic carbocycles. The van der Waals surface area contributed by atoms with E-state index in [1.165, 1.54) is 16.7 Å². The van der Waals surface area contributed by atoms with Crippen molar-refractivity contribution in [2.24, 2.45) is 0 Å². The Morgan fingerprint density at radius 1 is 1.28 bits per heavy atom. The maximum atomic E-state index is 12.3. The molecule has 1 N–H and O–H groups in total. The summed E-state index contributed by atoms with van der Waals surface area (Å²) in [4.78, 5) is 26.4. The summed E-state index contributed by atoms with van der Waals surface area (Å²) < 4.78 is 6.02. The molecule has 2 amide bonds. The van der Waals surface area contributed by atoms with E-state index in [-0.39, 0.29) is 18.4 Å². The summed E-state index contributed by atoms with van der Waals surface area (Å²) in [5.41, 5.74) is 1.44. The third kappa shape index (κ3) is 5.69. The zero-order valence-corrected chi connectivity index (χ0v) is 17.7. The number of hydrogen-bond donors (Lipinski definition) is 1. The van der Waals surface area contributed by atoms with Crippen molar-refractivity contribution in [3.8, 4) is 5.75 Å².